The minimum atomic E-state index is -0.628. The summed E-state index contributed by atoms with van der Waals surface area (Å²) in [6, 6.07) is 2.87. The summed E-state index contributed by atoms with van der Waals surface area (Å²) in [5.41, 5.74) is -0.799. The molecule has 1 aromatic rings. The van der Waals surface area contributed by atoms with Crippen LogP contribution in [0.2, 0.25) is 5.02 Å². The van der Waals surface area contributed by atoms with Gasteiger partial charge < -0.3 is 9.47 Å². The molecule has 0 bridgehead atoms. The molecule has 0 spiro atoms. The molecule has 0 aromatic heterocycles. The molecule has 0 fully saturated rings. The molecule has 122 valence electrons. The summed E-state index contributed by atoms with van der Waals surface area (Å²) in [6.07, 6.45) is 0. The van der Waals surface area contributed by atoms with Gasteiger partial charge in [0.25, 0.3) is 0 Å². The van der Waals surface area contributed by atoms with Crippen LogP contribution in [0.5, 0.6) is 0 Å². The Bertz CT molecular complexity index is 544. The van der Waals surface area contributed by atoms with Gasteiger partial charge in [-0.15, -0.1) is 0 Å². The van der Waals surface area contributed by atoms with Gasteiger partial charge in [-0.1, -0.05) is 11.6 Å². The molecule has 0 atom stereocenters. The highest BCUT2D eigenvalue weighted by atomic mass is 79.9. The summed E-state index contributed by atoms with van der Waals surface area (Å²) in [5.74, 6) is -1.06. The van der Waals surface area contributed by atoms with Crippen molar-refractivity contribution in [2.45, 2.75) is 52.7 Å². The smallest absolute Gasteiger partial charge is 0.340 e. The van der Waals surface area contributed by atoms with Gasteiger partial charge in [-0.25, -0.2) is 9.59 Å². The minimum Gasteiger partial charge on any atom is -0.456 e. The van der Waals surface area contributed by atoms with Crippen molar-refractivity contribution in [3.8, 4) is 0 Å². The van der Waals surface area contributed by atoms with Crippen LogP contribution in [0.3, 0.4) is 0 Å². The molecule has 0 heterocycles. The molecular weight excluding hydrogens is 372 g/mol. The zero-order chi connectivity index (χ0) is 17.3. The zero-order valence-corrected chi connectivity index (χ0v) is 15.9. The molecule has 22 heavy (non-hydrogen) atoms. The third kappa shape index (κ3) is 5.61. The molecule has 1 rings (SSSR count). The third-order valence-electron chi connectivity index (χ3n) is 2.29. The Balaban J connectivity index is 3.12. The number of esters is 2. The fourth-order valence-electron chi connectivity index (χ4n) is 1.53. The summed E-state index contributed by atoms with van der Waals surface area (Å²) in [6.45, 7) is 10.6. The van der Waals surface area contributed by atoms with E-state index in [0.717, 1.165) is 0 Å². The highest BCUT2D eigenvalue weighted by Crippen LogP contribution is 2.29. The second kappa shape index (κ2) is 6.59. The molecule has 0 N–H and O–H groups in total. The van der Waals surface area contributed by atoms with Crippen LogP contribution >= 0.6 is 27.5 Å². The Morgan fingerprint density at radius 2 is 1.32 bits per heavy atom. The van der Waals surface area contributed by atoms with Gasteiger partial charge in [0.2, 0.25) is 0 Å². The van der Waals surface area contributed by atoms with E-state index in [9.17, 15) is 9.59 Å². The maximum atomic E-state index is 12.1. The SMILES string of the molecule is CC(C)(C)OC(=O)c1cc(Br)c(C(=O)OC(C)(C)C)cc1Cl. The fourth-order valence-corrected chi connectivity index (χ4v) is 2.27. The Labute approximate surface area is 144 Å². The van der Waals surface area contributed by atoms with Crippen LogP contribution in [0, 0.1) is 0 Å². The lowest BCUT2D eigenvalue weighted by Gasteiger charge is -2.21. The van der Waals surface area contributed by atoms with Gasteiger partial charge in [0.1, 0.15) is 11.2 Å². The maximum absolute atomic E-state index is 12.1. The van der Waals surface area contributed by atoms with Gasteiger partial charge in [-0.05, 0) is 69.6 Å². The Hall–Kier alpha value is -1.07. The molecule has 0 amide bonds. The normalized spacial score (nSPS) is 12.0. The molecule has 0 aliphatic carbocycles. The largest absolute Gasteiger partial charge is 0.456 e. The average Bonchev–Trinajstić information content (AvgIpc) is 2.26. The second-order valence-electron chi connectivity index (χ2n) is 6.82. The monoisotopic (exact) mass is 390 g/mol. The quantitative estimate of drug-likeness (QED) is 0.665. The summed E-state index contributed by atoms with van der Waals surface area (Å²) < 4.78 is 11.0. The van der Waals surface area contributed by atoms with Gasteiger partial charge >= 0.3 is 11.9 Å². The van der Waals surface area contributed by atoms with Crippen LogP contribution in [-0.4, -0.2) is 23.1 Å². The molecule has 4 nitrogen and oxygen atoms in total. The van der Waals surface area contributed by atoms with E-state index in [2.05, 4.69) is 15.9 Å². The molecule has 0 unspecified atom stereocenters. The topological polar surface area (TPSA) is 52.6 Å². The molecule has 6 heteroatoms. The molecule has 1 aromatic carbocycles. The zero-order valence-electron chi connectivity index (χ0n) is 13.5. The van der Waals surface area contributed by atoms with E-state index < -0.39 is 23.1 Å². The van der Waals surface area contributed by atoms with Gasteiger partial charge in [0.05, 0.1) is 16.1 Å². The van der Waals surface area contributed by atoms with Gasteiger partial charge in [0, 0.05) is 4.47 Å². The first-order chi connectivity index (χ1) is 9.80. The van der Waals surface area contributed by atoms with Crippen LogP contribution in [0.4, 0.5) is 0 Å². The van der Waals surface area contributed by atoms with E-state index in [4.69, 9.17) is 21.1 Å². The average molecular weight is 392 g/mol. The van der Waals surface area contributed by atoms with Gasteiger partial charge in [0.15, 0.2) is 0 Å². The third-order valence-corrected chi connectivity index (χ3v) is 3.26. The minimum absolute atomic E-state index is 0.137. The summed E-state index contributed by atoms with van der Waals surface area (Å²) in [7, 11) is 0. The number of benzene rings is 1. The highest BCUT2D eigenvalue weighted by molar-refractivity contribution is 9.10. The van der Waals surface area contributed by atoms with Crippen molar-refractivity contribution in [3.05, 3.63) is 32.8 Å². The molecule has 0 aliphatic rings. The van der Waals surface area contributed by atoms with E-state index in [-0.39, 0.29) is 16.1 Å². The second-order valence-corrected chi connectivity index (χ2v) is 8.08. The molecule has 0 saturated heterocycles. The summed E-state index contributed by atoms with van der Waals surface area (Å²) in [4.78, 5) is 24.2. The number of rotatable bonds is 2. The number of ether oxygens (including phenoxy) is 2. The summed E-state index contributed by atoms with van der Waals surface area (Å²) >= 11 is 9.38. The van der Waals surface area contributed by atoms with Gasteiger partial charge in [-0.2, -0.15) is 0 Å². The maximum Gasteiger partial charge on any atom is 0.340 e. The molecular formula is C16H20BrClO4. The highest BCUT2D eigenvalue weighted by Gasteiger charge is 2.25. The Kier molecular flexibility index (Phi) is 5.68. The first kappa shape index (κ1) is 19.0. The Morgan fingerprint density at radius 1 is 0.909 bits per heavy atom. The number of hydrogen-bond acceptors (Lipinski definition) is 4. The van der Waals surface area contributed by atoms with E-state index in [1.165, 1.54) is 12.1 Å². The first-order valence-corrected chi connectivity index (χ1v) is 7.93. The first-order valence-electron chi connectivity index (χ1n) is 6.76. The van der Waals surface area contributed by atoms with Crippen LogP contribution in [0.25, 0.3) is 0 Å². The lowest BCUT2D eigenvalue weighted by Crippen LogP contribution is -2.25. The lowest BCUT2D eigenvalue weighted by molar-refractivity contribution is 0.00511. The van der Waals surface area contributed by atoms with Gasteiger partial charge in [-0.3, -0.25) is 0 Å². The van der Waals surface area contributed by atoms with E-state index >= 15 is 0 Å². The fraction of sp³-hybridized carbons (Fsp3) is 0.500. The summed E-state index contributed by atoms with van der Waals surface area (Å²) in [5, 5.41) is 0.137. The van der Waals surface area contributed by atoms with E-state index in [1.54, 1.807) is 41.5 Å². The number of hydrogen-bond donors (Lipinski definition) is 0. The van der Waals surface area contributed by atoms with Crippen LogP contribution in [0.1, 0.15) is 62.3 Å². The van der Waals surface area contributed by atoms with Crippen molar-refractivity contribution in [1.29, 1.82) is 0 Å². The standard InChI is InChI=1S/C16H20BrClO4/c1-15(2,3)21-13(19)9-8-12(18)10(7-11(9)17)14(20)22-16(4,5)6/h7-8H,1-6H3. The van der Waals surface area contributed by atoms with Crippen molar-refractivity contribution in [1.82, 2.24) is 0 Å². The van der Waals surface area contributed by atoms with E-state index in [1.807, 2.05) is 0 Å². The van der Waals surface area contributed by atoms with E-state index in [0.29, 0.717) is 4.47 Å². The van der Waals surface area contributed by atoms with Crippen molar-refractivity contribution in [2.24, 2.45) is 0 Å². The number of carbonyl (C=O) groups is 2. The predicted octanol–water partition coefficient (Wildman–Crippen LogP) is 5.01. The molecule has 0 saturated carbocycles. The van der Waals surface area contributed by atoms with Crippen LogP contribution < -0.4 is 0 Å². The predicted molar refractivity (Wildman–Crippen MR) is 89.5 cm³/mol. The van der Waals surface area contributed by atoms with Crippen LogP contribution in [0.15, 0.2) is 16.6 Å². The van der Waals surface area contributed by atoms with Crippen molar-refractivity contribution in [3.63, 3.8) is 0 Å². The molecule has 0 radical (unpaired) electrons. The van der Waals surface area contributed by atoms with Crippen molar-refractivity contribution < 1.29 is 19.1 Å². The lowest BCUT2D eigenvalue weighted by atomic mass is 10.1. The number of halogens is 2. The number of carbonyl (C=O) groups excluding carboxylic acids is 2. The van der Waals surface area contributed by atoms with Crippen LogP contribution in [-0.2, 0) is 9.47 Å². The Morgan fingerprint density at radius 3 is 1.73 bits per heavy atom. The van der Waals surface area contributed by atoms with Crippen molar-refractivity contribution in [2.75, 3.05) is 0 Å². The molecule has 0 aliphatic heterocycles. The van der Waals surface area contributed by atoms with Crippen molar-refractivity contribution >= 4 is 39.5 Å².